The average molecular weight is 391 g/mol. The number of carbonyl (C=O) groups excluding carboxylic acids is 2. The highest BCUT2D eigenvalue weighted by atomic mass is 32.2. The maximum Gasteiger partial charge on any atom is 0.230 e. The van der Waals surface area contributed by atoms with E-state index in [2.05, 4.69) is 45.3 Å². The lowest BCUT2D eigenvalue weighted by molar-refractivity contribution is -0.121. The van der Waals surface area contributed by atoms with E-state index >= 15 is 0 Å². The SMILES string of the molecule is CC(C)SCC(=O)NC(C)(C)CCC(C)(C)NC(=O)CSC(C)(C)C. The van der Waals surface area contributed by atoms with E-state index in [4.69, 9.17) is 0 Å². The smallest absolute Gasteiger partial charge is 0.230 e. The van der Waals surface area contributed by atoms with Gasteiger partial charge < -0.3 is 10.6 Å². The number of thioether (sulfide) groups is 2. The summed E-state index contributed by atoms with van der Waals surface area (Å²) in [5, 5.41) is 6.68. The summed E-state index contributed by atoms with van der Waals surface area (Å²) in [6, 6.07) is 0. The molecule has 0 aromatic carbocycles. The molecule has 4 nitrogen and oxygen atoms in total. The zero-order chi connectivity index (χ0) is 19.9. The van der Waals surface area contributed by atoms with Crippen molar-refractivity contribution in [2.75, 3.05) is 11.5 Å². The molecule has 0 bridgehead atoms. The van der Waals surface area contributed by atoms with E-state index in [-0.39, 0.29) is 27.6 Å². The zero-order valence-corrected chi connectivity index (χ0v) is 19.2. The predicted octanol–water partition coefficient (Wildman–Crippen LogP) is 4.23. The molecule has 148 valence electrons. The van der Waals surface area contributed by atoms with Gasteiger partial charge in [0.25, 0.3) is 0 Å². The van der Waals surface area contributed by atoms with Gasteiger partial charge in [0.2, 0.25) is 11.8 Å². The van der Waals surface area contributed by atoms with Gasteiger partial charge >= 0.3 is 0 Å². The molecular formula is C19H38N2O2S2. The Balaban J connectivity index is 4.36. The molecule has 0 radical (unpaired) electrons. The first-order chi connectivity index (χ1) is 11.1. The average Bonchev–Trinajstić information content (AvgIpc) is 2.39. The van der Waals surface area contributed by atoms with Crippen molar-refractivity contribution in [3.05, 3.63) is 0 Å². The molecule has 0 aliphatic heterocycles. The van der Waals surface area contributed by atoms with E-state index in [1.807, 2.05) is 27.7 Å². The highest BCUT2D eigenvalue weighted by Gasteiger charge is 2.27. The Labute approximate surface area is 163 Å². The van der Waals surface area contributed by atoms with Crippen molar-refractivity contribution in [1.82, 2.24) is 10.6 Å². The number of hydrogen-bond acceptors (Lipinski definition) is 4. The van der Waals surface area contributed by atoms with E-state index in [1.165, 1.54) is 0 Å². The van der Waals surface area contributed by atoms with Gasteiger partial charge in [0.05, 0.1) is 11.5 Å². The van der Waals surface area contributed by atoms with E-state index in [9.17, 15) is 9.59 Å². The van der Waals surface area contributed by atoms with Crippen LogP contribution in [0.2, 0.25) is 0 Å². The fraction of sp³-hybridized carbons (Fsp3) is 0.895. The molecule has 25 heavy (non-hydrogen) atoms. The molecule has 0 spiro atoms. The van der Waals surface area contributed by atoms with Crippen molar-refractivity contribution >= 4 is 35.3 Å². The van der Waals surface area contributed by atoms with Gasteiger partial charge in [0.15, 0.2) is 0 Å². The minimum Gasteiger partial charge on any atom is -0.351 e. The van der Waals surface area contributed by atoms with Gasteiger partial charge in [0.1, 0.15) is 0 Å². The minimum absolute atomic E-state index is 0.0695. The molecule has 0 fully saturated rings. The van der Waals surface area contributed by atoms with Crippen molar-refractivity contribution in [2.45, 2.75) is 96.2 Å². The summed E-state index contributed by atoms with van der Waals surface area (Å²) in [5.41, 5.74) is -0.568. The molecule has 0 heterocycles. The normalized spacial score (nSPS) is 13.0. The van der Waals surface area contributed by atoms with Crippen molar-refractivity contribution in [3.8, 4) is 0 Å². The molecule has 0 aliphatic rings. The molecule has 6 heteroatoms. The van der Waals surface area contributed by atoms with Crippen LogP contribution >= 0.6 is 23.5 Å². The zero-order valence-electron chi connectivity index (χ0n) is 17.5. The van der Waals surface area contributed by atoms with E-state index in [0.29, 0.717) is 16.8 Å². The maximum atomic E-state index is 12.2. The molecule has 0 unspecified atom stereocenters. The van der Waals surface area contributed by atoms with E-state index in [1.54, 1.807) is 23.5 Å². The molecule has 2 N–H and O–H groups in total. The van der Waals surface area contributed by atoms with Gasteiger partial charge in [-0.2, -0.15) is 0 Å². The predicted molar refractivity (Wildman–Crippen MR) is 113 cm³/mol. The second-order valence-corrected chi connectivity index (χ2v) is 12.5. The van der Waals surface area contributed by atoms with Gasteiger partial charge in [-0.05, 0) is 45.8 Å². The number of nitrogens with one attached hydrogen (secondary N) is 2. The monoisotopic (exact) mass is 390 g/mol. The maximum absolute atomic E-state index is 12.2. The van der Waals surface area contributed by atoms with Crippen molar-refractivity contribution in [1.29, 1.82) is 0 Å². The summed E-state index contributed by atoms with van der Waals surface area (Å²) in [4.78, 5) is 24.2. The largest absolute Gasteiger partial charge is 0.351 e. The molecule has 0 rings (SSSR count). The van der Waals surface area contributed by atoms with Crippen LogP contribution < -0.4 is 10.6 Å². The standard InChI is InChI=1S/C19H38N2O2S2/c1-14(2)24-12-15(22)20-18(6,7)10-11-19(8,9)21-16(23)13-25-17(3,4)5/h14H,10-13H2,1-9H3,(H,20,22)(H,21,23). The fourth-order valence-electron chi connectivity index (χ4n) is 2.10. The number of rotatable bonds is 10. The van der Waals surface area contributed by atoms with E-state index in [0.717, 1.165) is 12.8 Å². The van der Waals surface area contributed by atoms with Crippen molar-refractivity contribution < 1.29 is 9.59 Å². The molecule has 2 amide bonds. The number of hydrogen-bond donors (Lipinski definition) is 2. The molecule has 0 saturated carbocycles. The Morgan fingerprint density at radius 1 is 0.800 bits per heavy atom. The van der Waals surface area contributed by atoms with Gasteiger partial charge in [-0.3, -0.25) is 9.59 Å². The van der Waals surface area contributed by atoms with Crippen LogP contribution in [0.4, 0.5) is 0 Å². The lowest BCUT2D eigenvalue weighted by Crippen LogP contribution is -2.49. The van der Waals surface area contributed by atoms with Crippen molar-refractivity contribution in [2.24, 2.45) is 0 Å². The van der Waals surface area contributed by atoms with Gasteiger partial charge in [-0.15, -0.1) is 23.5 Å². The first-order valence-electron chi connectivity index (χ1n) is 8.99. The van der Waals surface area contributed by atoms with Gasteiger partial charge in [0, 0.05) is 15.8 Å². The number of amides is 2. The Morgan fingerprint density at radius 2 is 1.20 bits per heavy atom. The summed E-state index contributed by atoms with van der Waals surface area (Å²) >= 11 is 3.30. The summed E-state index contributed by atoms with van der Waals surface area (Å²) in [5.74, 6) is 1.11. The minimum atomic E-state index is -0.287. The van der Waals surface area contributed by atoms with Gasteiger partial charge in [-0.1, -0.05) is 34.6 Å². The summed E-state index contributed by atoms with van der Waals surface area (Å²) < 4.78 is 0.0851. The van der Waals surface area contributed by atoms with Crippen LogP contribution in [0.5, 0.6) is 0 Å². The highest BCUT2D eigenvalue weighted by molar-refractivity contribution is 8.01. The van der Waals surface area contributed by atoms with E-state index < -0.39 is 0 Å². The third kappa shape index (κ3) is 14.5. The molecule has 0 aromatic heterocycles. The number of carbonyl (C=O) groups is 2. The van der Waals surface area contributed by atoms with Crippen LogP contribution in [0, 0.1) is 0 Å². The summed E-state index contributed by atoms with van der Waals surface area (Å²) in [7, 11) is 0. The highest BCUT2D eigenvalue weighted by Crippen LogP contribution is 2.24. The topological polar surface area (TPSA) is 58.2 Å². The molecule has 0 aromatic rings. The Bertz CT molecular complexity index is 441. The third-order valence-corrected chi connectivity index (χ3v) is 5.88. The quantitative estimate of drug-likeness (QED) is 0.586. The van der Waals surface area contributed by atoms with Crippen LogP contribution in [0.1, 0.15) is 75.2 Å². The van der Waals surface area contributed by atoms with Crippen LogP contribution in [0.3, 0.4) is 0 Å². The Morgan fingerprint density at radius 3 is 1.56 bits per heavy atom. The molecule has 0 atom stereocenters. The molecule has 0 aliphatic carbocycles. The summed E-state index contributed by atoms with van der Waals surface area (Å²) in [6.45, 7) is 18.7. The van der Waals surface area contributed by atoms with Crippen LogP contribution in [-0.4, -0.2) is 44.4 Å². The second-order valence-electron chi connectivity index (χ2n) is 9.12. The first kappa shape index (κ1) is 24.6. The summed E-state index contributed by atoms with van der Waals surface area (Å²) in [6.07, 6.45) is 1.62. The Hall–Kier alpha value is -0.360. The van der Waals surface area contributed by atoms with Crippen LogP contribution in [0.25, 0.3) is 0 Å². The lowest BCUT2D eigenvalue weighted by Gasteiger charge is -2.33. The molecular weight excluding hydrogens is 352 g/mol. The van der Waals surface area contributed by atoms with Gasteiger partial charge in [-0.25, -0.2) is 0 Å². The third-order valence-electron chi connectivity index (χ3n) is 3.51. The second kappa shape index (κ2) is 10.1. The van der Waals surface area contributed by atoms with Crippen molar-refractivity contribution in [3.63, 3.8) is 0 Å². The first-order valence-corrected chi connectivity index (χ1v) is 11.0. The van der Waals surface area contributed by atoms with Crippen LogP contribution in [0.15, 0.2) is 0 Å². The lowest BCUT2D eigenvalue weighted by atomic mass is 9.89. The Kier molecular flexibility index (Phi) is 9.95. The van der Waals surface area contributed by atoms with Crippen LogP contribution in [-0.2, 0) is 9.59 Å². The molecule has 0 saturated heterocycles. The fourth-order valence-corrected chi connectivity index (χ4v) is 3.29.